The molecule has 0 radical (unpaired) electrons. The van der Waals surface area contributed by atoms with Crippen LogP contribution in [-0.4, -0.2) is 26.2 Å². The van der Waals surface area contributed by atoms with Gasteiger partial charge in [0, 0.05) is 6.20 Å². The summed E-state index contributed by atoms with van der Waals surface area (Å²) in [4.78, 5) is 17.8. The summed E-state index contributed by atoms with van der Waals surface area (Å²) in [6.45, 7) is 0. The third-order valence-corrected chi connectivity index (χ3v) is 1.58. The van der Waals surface area contributed by atoms with E-state index in [0.717, 1.165) is 0 Å². The van der Waals surface area contributed by atoms with Gasteiger partial charge in [0.05, 0.1) is 5.39 Å². The van der Waals surface area contributed by atoms with Gasteiger partial charge in [-0.3, -0.25) is 0 Å². The van der Waals surface area contributed by atoms with Crippen LogP contribution in [0.2, 0.25) is 5.28 Å². The van der Waals surface area contributed by atoms with E-state index in [1.54, 1.807) is 0 Å². The molecule has 0 aromatic carbocycles. The number of nitrogens with zero attached hydrogens (tertiary/aromatic N) is 3. The summed E-state index contributed by atoms with van der Waals surface area (Å²) in [7, 11) is 0. The van der Waals surface area contributed by atoms with Gasteiger partial charge in [-0.15, -0.1) is 0 Å². The summed E-state index contributed by atoms with van der Waals surface area (Å²) in [5.74, 6) is -1.50. The Balaban J connectivity index is 2.76. The molecule has 0 saturated carbocycles. The average molecular weight is 200 g/mol. The van der Waals surface area contributed by atoms with Gasteiger partial charge in [0.2, 0.25) is 10.9 Å². The fourth-order valence-electron chi connectivity index (χ4n) is 0.874. The van der Waals surface area contributed by atoms with E-state index in [1.807, 2.05) is 0 Å². The first kappa shape index (κ1) is 7.93. The number of hydrogen-bond acceptors (Lipinski definition) is 5. The number of carbonyl (C=O) groups is 1. The standard InChI is InChI=1S/C6H2ClN3O3/c7-6-8-1-2-3(5(11)12)13-10-4(2)9-6/h1H,(H,11,12). The van der Waals surface area contributed by atoms with Crippen LogP contribution >= 0.6 is 11.6 Å². The predicted octanol–water partition coefficient (Wildman–Crippen LogP) is 0.969. The van der Waals surface area contributed by atoms with E-state index >= 15 is 0 Å². The first-order chi connectivity index (χ1) is 6.18. The molecule has 0 fully saturated rings. The van der Waals surface area contributed by atoms with Crippen LogP contribution in [0.25, 0.3) is 11.0 Å². The van der Waals surface area contributed by atoms with Crippen molar-refractivity contribution < 1.29 is 14.4 Å². The zero-order chi connectivity index (χ0) is 9.42. The molecule has 13 heavy (non-hydrogen) atoms. The summed E-state index contributed by atoms with van der Waals surface area (Å²) < 4.78 is 4.52. The quantitative estimate of drug-likeness (QED) is 0.689. The number of aromatic carboxylic acids is 1. The Morgan fingerprint density at radius 2 is 2.38 bits per heavy atom. The summed E-state index contributed by atoms with van der Waals surface area (Å²) in [6.07, 6.45) is 1.25. The van der Waals surface area contributed by atoms with Crippen molar-refractivity contribution in [2.45, 2.75) is 0 Å². The van der Waals surface area contributed by atoms with Crippen LogP contribution in [0.5, 0.6) is 0 Å². The number of carboxylic acids is 1. The van der Waals surface area contributed by atoms with Crippen LogP contribution in [0.4, 0.5) is 0 Å². The molecular weight excluding hydrogens is 198 g/mol. The Morgan fingerprint density at radius 3 is 3.08 bits per heavy atom. The molecule has 0 saturated heterocycles. The smallest absolute Gasteiger partial charge is 0.375 e. The minimum atomic E-state index is -1.21. The number of halogens is 1. The Hall–Kier alpha value is -1.69. The van der Waals surface area contributed by atoms with Crippen molar-refractivity contribution >= 4 is 28.6 Å². The molecule has 2 heterocycles. The van der Waals surface area contributed by atoms with Crippen molar-refractivity contribution in [3.05, 3.63) is 17.2 Å². The van der Waals surface area contributed by atoms with Gasteiger partial charge in [0.1, 0.15) is 0 Å². The second-order valence-corrected chi connectivity index (χ2v) is 2.53. The summed E-state index contributed by atoms with van der Waals surface area (Å²) in [5.41, 5.74) is 0.136. The van der Waals surface area contributed by atoms with Crippen molar-refractivity contribution in [2.75, 3.05) is 0 Å². The van der Waals surface area contributed by atoms with Crippen molar-refractivity contribution in [1.82, 2.24) is 15.1 Å². The fourth-order valence-corrected chi connectivity index (χ4v) is 1.00. The van der Waals surface area contributed by atoms with Gasteiger partial charge < -0.3 is 9.63 Å². The van der Waals surface area contributed by atoms with Crippen LogP contribution in [0.1, 0.15) is 10.6 Å². The van der Waals surface area contributed by atoms with E-state index in [9.17, 15) is 4.79 Å². The number of carboxylic acid groups (broad SMARTS) is 1. The Bertz CT molecular complexity index is 481. The molecule has 0 spiro atoms. The molecule has 2 aromatic heterocycles. The highest BCUT2D eigenvalue weighted by Gasteiger charge is 2.16. The second kappa shape index (κ2) is 2.67. The minimum Gasteiger partial charge on any atom is -0.475 e. The highest BCUT2D eigenvalue weighted by Crippen LogP contribution is 2.16. The molecule has 1 N–H and O–H groups in total. The number of fused-ring (bicyclic) bond motifs is 1. The first-order valence-electron chi connectivity index (χ1n) is 3.19. The molecule has 0 aliphatic heterocycles. The molecular formula is C6H2ClN3O3. The lowest BCUT2D eigenvalue weighted by molar-refractivity contribution is 0.0655. The van der Waals surface area contributed by atoms with Crippen LogP contribution in [-0.2, 0) is 0 Å². The van der Waals surface area contributed by atoms with Crippen LogP contribution < -0.4 is 0 Å². The van der Waals surface area contributed by atoms with Gasteiger partial charge >= 0.3 is 5.97 Å². The number of aromatic nitrogens is 3. The Labute approximate surface area is 76.1 Å². The van der Waals surface area contributed by atoms with Gasteiger partial charge in [0.25, 0.3) is 5.76 Å². The molecule has 0 bridgehead atoms. The molecule has 7 heteroatoms. The Kier molecular flexibility index (Phi) is 1.63. The largest absolute Gasteiger partial charge is 0.475 e. The zero-order valence-corrected chi connectivity index (χ0v) is 6.82. The second-order valence-electron chi connectivity index (χ2n) is 2.19. The summed E-state index contributed by atoms with van der Waals surface area (Å²) in [6, 6.07) is 0. The van der Waals surface area contributed by atoms with Gasteiger partial charge in [0.15, 0.2) is 0 Å². The molecule has 0 aliphatic carbocycles. The third kappa shape index (κ3) is 1.20. The average Bonchev–Trinajstić information content (AvgIpc) is 2.46. The van der Waals surface area contributed by atoms with E-state index in [2.05, 4.69) is 19.6 Å². The molecule has 0 unspecified atom stereocenters. The topological polar surface area (TPSA) is 89.1 Å². The maximum atomic E-state index is 10.5. The summed E-state index contributed by atoms with van der Waals surface area (Å²) in [5, 5.41) is 12.3. The molecule has 66 valence electrons. The molecule has 0 amide bonds. The van der Waals surface area contributed by atoms with Crippen molar-refractivity contribution in [3.63, 3.8) is 0 Å². The van der Waals surface area contributed by atoms with Crippen molar-refractivity contribution in [1.29, 1.82) is 0 Å². The van der Waals surface area contributed by atoms with Crippen LogP contribution in [0.15, 0.2) is 10.7 Å². The maximum Gasteiger partial charge on any atom is 0.375 e. The van der Waals surface area contributed by atoms with Crippen molar-refractivity contribution in [2.24, 2.45) is 0 Å². The van der Waals surface area contributed by atoms with Crippen molar-refractivity contribution in [3.8, 4) is 0 Å². The predicted molar refractivity (Wildman–Crippen MR) is 41.6 cm³/mol. The van der Waals surface area contributed by atoms with Crippen LogP contribution in [0, 0.1) is 0 Å². The van der Waals surface area contributed by atoms with E-state index < -0.39 is 5.97 Å². The maximum absolute atomic E-state index is 10.5. The van der Waals surface area contributed by atoms with Gasteiger partial charge in [-0.2, -0.15) is 4.98 Å². The third-order valence-electron chi connectivity index (χ3n) is 1.40. The fraction of sp³-hybridized carbons (Fsp3) is 0. The molecule has 0 aliphatic rings. The lowest BCUT2D eigenvalue weighted by Gasteiger charge is -1.87. The molecule has 2 rings (SSSR count). The molecule has 0 atom stereocenters. The zero-order valence-electron chi connectivity index (χ0n) is 6.06. The number of hydrogen-bond donors (Lipinski definition) is 1. The normalized spacial score (nSPS) is 10.5. The lowest BCUT2D eigenvalue weighted by Crippen LogP contribution is -1.94. The number of rotatable bonds is 1. The van der Waals surface area contributed by atoms with Gasteiger partial charge in [-0.05, 0) is 11.6 Å². The van der Waals surface area contributed by atoms with Gasteiger partial charge in [-0.1, -0.05) is 5.16 Å². The Morgan fingerprint density at radius 1 is 1.62 bits per heavy atom. The van der Waals surface area contributed by atoms with E-state index in [0.29, 0.717) is 0 Å². The van der Waals surface area contributed by atoms with Crippen LogP contribution in [0.3, 0.4) is 0 Å². The highest BCUT2D eigenvalue weighted by atomic mass is 35.5. The summed E-state index contributed by atoms with van der Waals surface area (Å²) >= 11 is 5.46. The first-order valence-corrected chi connectivity index (χ1v) is 3.57. The highest BCUT2D eigenvalue weighted by molar-refractivity contribution is 6.28. The molecule has 2 aromatic rings. The SMILES string of the molecule is O=C(O)c1onc2nc(Cl)ncc12. The van der Waals surface area contributed by atoms with E-state index in [-0.39, 0.29) is 22.1 Å². The van der Waals surface area contributed by atoms with Gasteiger partial charge in [-0.25, -0.2) is 9.78 Å². The van der Waals surface area contributed by atoms with E-state index in [1.165, 1.54) is 6.20 Å². The van der Waals surface area contributed by atoms with E-state index in [4.69, 9.17) is 16.7 Å². The lowest BCUT2D eigenvalue weighted by atomic mass is 10.3. The molecule has 6 nitrogen and oxygen atoms in total. The minimum absolute atomic E-state index is 0.00209. The monoisotopic (exact) mass is 199 g/mol.